The lowest BCUT2D eigenvalue weighted by Gasteiger charge is -2.40. The lowest BCUT2D eigenvalue weighted by atomic mass is 10.1. The lowest BCUT2D eigenvalue weighted by molar-refractivity contribution is -0.0592. The monoisotopic (exact) mass is 581 g/mol. The zero-order valence-corrected chi connectivity index (χ0v) is 23.0. The Labute approximate surface area is 240 Å². The summed E-state index contributed by atoms with van der Waals surface area (Å²) in [6.07, 6.45) is 1.02. The van der Waals surface area contributed by atoms with Gasteiger partial charge in [0.05, 0.1) is 35.8 Å². The maximum Gasteiger partial charge on any atom is 0.335 e. The molecule has 0 spiro atoms. The molecule has 2 aliphatic rings. The van der Waals surface area contributed by atoms with Gasteiger partial charge in [-0.15, -0.1) is 0 Å². The first-order chi connectivity index (χ1) is 20.2. The number of pyridine rings is 1. The van der Waals surface area contributed by atoms with Crippen molar-refractivity contribution in [2.24, 2.45) is 0 Å². The normalized spacial score (nSPS) is 19.2. The Hall–Kier alpha value is -4.16. The molecule has 12 heteroatoms. The Kier molecular flexibility index (Phi) is 7.74. The molecule has 2 fully saturated rings. The second-order valence-corrected chi connectivity index (χ2v) is 10.7. The SMILES string of the molecule is C[C@H]1CN(c2ccc(F)c(OCc3ccc(F)cc3F)n2)CCN1Cc1nc2ccc(C(=O)O)cc2n1C[C@@H]1CCO1. The summed E-state index contributed by atoms with van der Waals surface area (Å²) in [5.74, 6) is -2.01. The second-order valence-electron chi connectivity index (χ2n) is 10.7. The van der Waals surface area contributed by atoms with Crippen LogP contribution >= 0.6 is 0 Å². The molecule has 2 aromatic heterocycles. The van der Waals surface area contributed by atoms with Crippen LogP contribution in [0.1, 0.15) is 35.1 Å². The number of hydrogen-bond acceptors (Lipinski definition) is 7. The van der Waals surface area contributed by atoms with Gasteiger partial charge in [-0.2, -0.15) is 4.98 Å². The standard InChI is InChI=1S/C30H30F3N5O4/c1-18-14-37(27-7-5-23(32)29(35-27)42-17-20-2-4-21(31)13-24(20)33)10-9-36(18)16-28-34-25-6-3-19(30(39)40)12-26(25)38(28)15-22-8-11-41-22/h2-7,12-13,18,22H,8-11,14-17H2,1H3,(H,39,40)/t18-,22-/m0/s1. The smallest absolute Gasteiger partial charge is 0.335 e. The van der Waals surface area contributed by atoms with Gasteiger partial charge in [0.25, 0.3) is 5.88 Å². The number of carboxylic acids is 1. The summed E-state index contributed by atoms with van der Waals surface area (Å²) in [6, 6.07) is 11.0. The molecular formula is C30H30F3N5O4. The van der Waals surface area contributed by atoms with Crippen molar-refractivity contribution in [3.8, 4) is 5.88 Å². The second kappa shape index (κ2) is 11.6. The number of ether oxygens (including phenoxy) is 2. The highest BCUT2D eigenvalue weighted by Gasteiger charge is 2.28. The van der Waals surface area contributed by atoms with Crippen molar-refractivity contribution in [2.75, 3.05) is 31.1 Å². The number of rotatable bonds is 9. The number of hydrogen-bond donors (Lipinski definition) is 1. The number of benzene rings is 2. The van der Waals surface area contributed by atoms with Gasteiger partial charge in [-0.3, -0.25) is 4.90 Å². The average Bonchev–Trinajstić information content (AvgIpc) is 3.28. The van der Waals surface area contributed by atoms with Gasteiger partial charge >= 0.3 is 5.97 Å². The van der Waals surface area contributed by atoms with E-state index in [4.69, 9.17) is 14.5 Å². The molecule has 2 aromatic carbocycles. The molecule has 2 aliphatic heterocycles. The molecule has 220 valence electrons. The zero-order valence-electron chi connectivity index (χ0n) is 23.0. The maximum atomic E-state index is 14.5. The molecule has 0 aliphatic carbocycles. The van der Waals surface area contributed by atoms with E-state index in [0.717, 1.165) is 42.0 Å². The third-order valence-electron chi connectivity index (χ3n) is 7.87. The molecule has 0 saturated carbocycles. The lowest BCUT2D eigenvalue weighted by Crippen LogP contribution is -2.52. The third-order valence-corrected chi connectivity index (χ3v) is 7.87. The quantitative estimate of drug-likeness (QED) is 0.306. The molecule has 6 rings (SSSR count). The Bertz CT molecular complexity index is 1630. The summed E-state index contributed by atoms with van der Waals surface area (Å²) in [7, 11) is 0. The third kappa shape index (κ3) is 5.77. The molecular weight excluding hydrogens is 551 g/mol. The van der Waals surface area contributed by atoms with Gasteiger partial charge in [0.2, 0.25) is 0 Å². The molecule has 4 aromatic rings. The summed E-state index contributed by atoms with van der Waals surface area (Å²) in [5.41, 5.74) is 1.82. The van der Waals surface area contributed by atoms with Crippen molar-refractivity contribution < 1.29 is 32.5 Å². The number of aromatic carboxylic acids is 1. The molecule has 0 bridgehead atoms. The van der Waals surface area contributed by atoms with Gasteiger partial charge in [-0.1, -0.05) is 0 Å². The number of nitrogens with zero attached hydrogens (tertiary/aromatic N) is 5. The maximum absolute atomic E-state index is 14.5. The first-order valence-corrected chi connectivity index (χ1v) is 13.8. The predicted molar refractivity (Wildman–Crippen MR) is 148 cm³/mol. The number of aromatic nitrogens is 3. The summed E-state index contributed by atoms with van der Waals surface area (Å²) in [5, 5.41) is 9.50. The highest BCUT2D eigenvalue weighted by molar-refractivity contribution is 5.92. The molecule has 42 heavy (non-hydrogen) atoms. The number of carboxylic acid groups (broad SMARTS) is 1. The van der Waals surface area contributed by atoms with Crippen LogP contribution in [-0.2, 0) is 24.4 Å². The number of halogens is 3. The Balaban J connectivity index is 1.15. The fourth-order valence-electron chi connectivity index (χ4n) is 5.36. The number of carbonyl (C=O) groups is 1. The minimum atomic E-state index is -0.985. The number of piperazine rings is 1. The van der Waals surface area contributed by atoms with E-state index >= 15 is 0 Å². The van der Waals surface area contributed by atoms with Crippen molar-refractivity contribution in [1.29, 1.82) is 0 Å². The zero-order chi connectivity index (χ0) is 29.4. The van der Waals surface area contributed by atoms with Crippen LogP contribution in [0.5, 0.6) is 5.88 Å². The van der Waals surface area contributed by atoms with Crippen molar-refractivity contribution in [3.05, 3.63) is 82.9 Å². The molecule has 0 radical (unpaired) electrons. The van der Waals surface area contributed by atoms with Crippen molar-refractivity contribution in [2.45, 2.75) is 45.2 Å². The van der Waals surface area contributed by atoms with Crippen LogP contribution in [0.4, 0.5) is 19.0 Å². The van der Waals surface area contributed by atoms with Crippen molar-refractivity contribution in [3.63, 3.8) is 0 Å². The van der Waals surface area contributed by atoms with Gasteiger partial charge in [0.15, 0.2) is 5.82 Å². The van der Waals surface area contributed by atoms with E-state index in [0.29, 0.717) is 38.5 Å². The van der Waals surface area contributed by atoms with Crippen LogP contribution in [0.25, 0.3) is 11.0 Å². The molecule has 9 nitrogen and oxygen atoms in total. The molecule has 2 saturated heterocycles. The molecule has 0 unspecified atom stereocenters. The predicted octanol–water partition coefficient (Wildman–Crippen LogP) is 4.63. The summed E-state index contributed by atoms with van der Waals surface area (Å²) in [4.78, 5) is 25.1. The summed E-state index contributed by atoms with van der Waals surface area (Å²) < 4.78 is 54.9. The highest BCUT2D eigenvalue weighted by atomic mass is 19.1. The minimum absolute atomic E-state index is 0.0735. The van der Waals surface area contributed by atoms with E-state index < -0.39 is 23.4 Å². The van der Waals surface area contributed by atoms with E-state index in [1.807, 2.05) is 4.90 Å². The fraction of sp³-hybridized carbons (Fsp3) is 0.367. The van der Waals surface area contributed by atoms with Crippen LogP contribution in [0, 0.1) is 17.5 Å². The van der Waals surface area contributed by atoms with Gasteiger partial charge in [0.1, 0.15) is 29.9 Å². The number of imidazole rings is 1. The van der Waals surface area contributed by atoms with Crippen LogP contribution < -0.4 is 9.64 Å². The van der Waals surface area contributed by atoms with E-state index in [1.54, 1.807) is 24.3 Å². The van der Waals surface area contributed by atoms with Crippen molar-refractivity contribution >= 4 is 22.8 Å². The van der Waals surface area contributed by atoms with Gasteiger partial charge < -0.3 is 24.0 Å². The van der Waals surface area contributed by atoms with Gasteiger partial charge in [-0.25, -0.2) is 22.9 Å². The van der Waals surface area contributed by atoms with Crippen LogP contribution in [-0.4, -0.2) is 68.9 Å². The first kappa shape index (κ1) is 28.0. The van der Waals surface area contributed by atoms with Crippen LogP contribution in [0.3, 0.4) is 0 Å². The van der Waals surface area contributed by atoms with Crippen LogP contribution in [0.2, 0.25) is 0 Å². The average molecular weight is 582 g/mol. The van der Waals surface area contributed by atoms with E-state index in [2.05, 4.69) is 21.4 Å². The first-order valence-electron chi connectivity index (χ1n) is 13.8. The topological polar surface area (TPSA) is 93.0 Å². The van der Waals surface area contributed by atoms with Crippen LogP contribution in [0.15, 0.2) is 48.5 Å². The fourth-order valence-corrected chi connectivity index (χ4v) is 5.36. The molecule has 2 atom stereocenters. The van der Waals surface area contributed by atoms with E-state index in [1.165, 1.54) is 12.1 Å². The van der Waals surface area contributed by atoms with E-state index in [9.17, 15) is 23.1 Å². The van der Waals surface area contributed by atoms with Gasteiger partial charge in [-0.05, 0) is 55.8 Å². The van der Waals surface area contributed by atoms with E-state index in [-0.39, 0.29) is 35.8 Å². The van der Waals surface area contributed by atoms with Gasteiger partial charge in [0, 0.05) is 43.9 Å². The molecule has 1 N–H and O–H groups in total. The largest absolute Gasteiger partial charge is 0.478 e. The number of fused-ring (bicyclic) bond motifs is 1. The Morgan fingerprint density at radius 1 is 1.07 bits per heavy atom. The number of anilines is 1. The summed E-state index contributed by atoms with van der Waals surface area (Å²) in [6.45, 7) is 5.60. The van der Waals surface area contributed by atoms with Crippen molar-refractivity contribution in [1.82, 2.24) is 19.4 Å². The minimum Gasteiger partial charge on any atom is -0.478 e. The Morgan fingerprint density at radius 3 is 2.62 bits per heavy atom. The summed E-state index contributed by atoms with van der Waals surface area (Å²) >= 11 is 0. The molecule has 4 heterocycles. The Morgan fingerprint density at radius 2 is 1.90 bits per heavy atom. The molecule has 0 amide bonds. The highest BCUT2D eigenvalue weighted by Crippen LogP contribution is 2.27.